The lowest BCUT2D eigenvalue weighted by molar-refractivity contribution is -0.492. The van der Waals surface area contributed by atoms with Crippen molar-refractivity contribution in [2.24, 2.45) is 0 Å². The number of amides is 1. The van der Waals surface area contributed by atoms with Gasteiger partial charge in [-0.05, 0) is 60.7 Å². The number of carbonyl (C=O) groups excluding carboxylic acids is 1. The molecule has 1 unspecified atom stereocenters. The van der Waals surface area contributed by atoms with Gasteiger partial charge in [-0.25, -0.2) is 0 Å². The fourth-order valence-corrected chi connectivity index (χ4v) is 6.05. The first-order valence-electron chi connectivity index (χ1n) is 17.8. The maximum atomic E-state index is 13.2. The van der Waals surface area contributed by atoms with E-state index in [2.05, 4.69) is 17.0 Å². The molecule has 1 saturated heterocycles. The van der Waals surface area contributed by atoms with E-state index < -0.39 is 0 Å². The van der Waals surface area contributed by atoms with E-state index >= 15 is 0 Å². The molecule has 0 saturated carbocycles. The summed E-state index contributed by atoms with van der Waals surface area (Å²) in [5, 5.41) is 17.1. The molecule has 1 fully saturated rings. The van der Waals surface area contributed by atoms with Crippen molar-refractivity contribution in [3.05, 3.63) is 83.4 Å². The lowest BCUT2D eigenvalue weighted by Gasteiger charge is -2.39. The second-order valence-corrected chi connectivity index (χ2v) is 12.5. The molecule has 286 valence electrons. The number of rotatable bonds is 24. The van der Waals surface area contributed by atoms with Crippen LogP contribution in [0, 0.1) is 0 Å². The smallest absolute Gasteiger partial charge is 0.222 e. The summed E-state index contributed by atoms with van der Waals surface area (Å²) >= 11 is 0. The van der Waals surface area contributed by atoms with Crippen LogP contribution in [0.5, 0.6) is 23.0 Å². The summed E-state index contributed by atoms with van der Waals surface area (Å²) in [6, 6.07) is 21.7. The number of benzene rings is 3. The van der Waals surface area contributed by atoms with Crippen LogP contribution >= 0.6 is 0 Å². The Morgan fingerprint density at radius 2 is 1.54 bits per heavy atom. The molecule has 4 rings (SSSR count). The average Bonchev–Trinajstić information content (AvgIpc) is 3.17. The molecule has 52 heavy (non-hydrogen) atoms. The Morgan fingerprint density at radius 3 is 2.29 bits per heavy atom. The van der Waals surface area contributed by atoms with E-state index in [0.717, 1.165) is 47.5 Å². The Morgan fingerprint density at radius 1 is 0.788 bits per heavy atom. The van der Waals surface area contributed by atoms with Gasteiger partial charge in [-0.15, -0.1) is 0 Å². The molecule has 2 atom stereocenters. The number of unbranched alkanes of at least 4 members (excludes halogenated alkanes) is 1. The van der Waals surface area contributed by atoms with Gasteiger partial charge in [0.1, 0.15) is 23.0 Å². The van der Waals surface area contributed by atoms with Gasteiger partial charge < -0.3 is 38.1 Å². The highest BCUT2D eigenvalue weighted by Crippen LogP contribution is 2.33. The van der Waals surface area contributed by atoms with Crippen molar-refractivity contribution < 1.29 is 53.2 Å². The van der Waals surface area contributed by atoms with E-state index in [1.54, 1.807) is 21.3 Å². The van der Waals surface area contributed by atoms with Crippen LogP contribution in [0.4, 0.5) is 0 Å². The van der Waals surface area contributed by atoms with Crippen molar-refractivity contribution in [1.82, 2.24) is 10.3 Å². The Labute approximate surface area is 306 Å². The summed E-state index contributed by atoms with van der Waals surface area (Å²) in [6.45, 7) is 4.17. The van der Waals surface area contributed by atoms with Gasteiger partial charge in [-0.1, -0.05) is 30.3 Å². The minimum atomic E-state index is -0.312. The molecule has 3 aromatic carbocycles. The number of piperidine rings is 1. The number of hydrogen-bond acceptors (Lipinski definition) is 12. The second-order valence-electron chi connectivity index (χ2n) is 12.5. The molecule has 0 radical (unpaired) electrons. The van der Waals surface area contributed by atoms with Crippen molar-refractivity contribution >= 4 is 5.91 Å². The van der Waals surface area contributed by atoms with Crippen LogP contribution in [0.2, 0.25) is 0 Å². The third-order valence-corrected chi connectivity index (χ3v) is 8.76. The van der Waals surface area contributed by atoms with Gasteiger partial charge >= 0.3 is 0 Å². The quantitative estimate of drug-likeness (QED) is 0.0805. The van der Waals surface area contributed by atoms with Crippen LogP contribution in [0.3, 0.4) is 0 Å². The van der Waals surface area contributed by atoms with Crippen molar-refractivity contribution in [3.63, 3.8) is 0 Å². The molecule has 0 spiro atoms. The highest BCUT2D eigenvalue weighted by molar-refractivity contribution is 5.76. The van der Waals surface area contributed by atoms with E-state index in [9.17, 15) is 4.79 Å². The summed E-state index contributed by atoms with van der Waals surface area (Å²) in [5.74, 6) is 3.06. The summed E-state index contributed by atoms with van der Waals surface area (Å²) in [6.07, 6.45) is 3.39. The molecule has 0 bridgehead atoms. The molecule has 2 N–H and O–H groups in total. The van der Waals surface area contributed by atoms with Gasteiger partial charge in [0.15, 0.2) is 0 Å². The Bertz CT molecular complexity index is 1460. The van der Waals surface area contributed by atoms with Gasteiger partial charge in [0, 0.05) is 63.6 Å². The topological polar surface area (TPSA) is 138 Å². The van der Waals surface area contributed by atoms with Gasteiger partial charge in [0.2, 0.25) is 5.91 Å². The first kappa shape index (κ1) is 40.8. The fraction of sp³-hybridized carbons (Fsp3) is 0.513. The number of likely N-dealkylation sites (tertiary alicyclic amines) is 1. The SMILES string of the molecule is COCCCOc1cc(COC2CN(C(=O)CCCCON(O)O)CC[C@@H]2c2ccc(OCCCOCc3ccccc3OC)cc2)cc(OC)c1. The molecule has 13 heteroatoms. The van der Waals surface area contributed by atoms with E-state index in [4.69, 9.17) is 43.6 Å². The fourth-order valence-electron chi connectivity index (χ4n) is 6.05. The van der Waals surface area contributed by atoms with Crippen LogP contribution in [-0.4, -0.2) is 100 Å². The van der Waals surface area contributed by atoms with Crippen molar-refractivity contribution in [3.8, 4) is 23.0 Å². The maximum Gasteiger partial charge on any atom is 0.222 e. The largest absolute Gasteiger partial charge is 0.497 e. The Balaban J connectivity index is 1.34. The summed E-state index contributed by atoms with van der Waals surface area (Å²) in [5.41, 5.74) is 3.03. The number of nitrogens with zero attached hydrogens (tertiary/aromatic N) is 2. The number of ether oxygens (including phenoxy) is 7. The minimum Gasteiger partial charge on any atom is -0.497 e. The third-order valence-electron chi connectivity index (χ3n) is 8.76. The van der Waals surface area contributed by atoms with Gasteiger partial charge in [-0.2, -0.15) is 0 Å². The van der Waals surface area contributed by atoms with E-state index in [-0.39, 0.29) is 29.9 Å². The molecule has 0 aliphatic carbocycles. The predicted octanol–water partition coefficient (Wildman–Crippen LogP) is 6.19. The van der Waals surface area contributed by atoms with Crippen molar-refractivity contribution in [2.45, 2.75) is 63.8 Å². The first-order valence-corrected chi connectivity index (χ1v) is 17.8. The van der Waals surface area contributed by atoms with Gasteiger partial charge in [-0.3, -0.25) is 20.0 Å². The Kier molecular flexibility index (Phi) is 18.0. The lowest BCUT2D eigenvalue weighted by atomic mass is 9.86. The number of methoxy groups -OCH3 is 3. The van der Waals surface area contributed by atoms with E-state index in [1.807, 2.05) is 59.5 Å². The molecule has 3 aromatic rings. The zero-order valence-corrected chi connectivity index (χ0v) is 30.6. The standard InChI is InChI=1S/C39H54N2O11/c1-45-19-8-21-50-35-25-30(24-34(26-35)46-2)28-51-38-27-40(39(42)12-6-7-23-52-41(43)44)18-17-36(38)31-13-15-33(16-14-31)49-22-9-20-48-29-32-10-4-5-11-37(32)47-3/h4-5,10-11,13-16,24-26,36,38,43-44H,6-9,12,17-23,27-29H2,1-3H3/t36-,38?/m1/s1. The van der Waals surface area contributed by atoms with Crippen LogP contribution in [0.25, 0.3) is 0 Å². The monoisotopic (exact) mass is 726 g/mol. The molecule has 1 heterocycles. The van der Waals surface area contributed by atoms with Crippen LogP contribution in [0.15, 0.2) is 66.7 Å². The Hall–Kier alpha value is -3.95. The molecule has 1 aliphatic heterocycles. The summed E-state index contributed by atoms with van der Waals surface area (Å²) < 4.78 is 40.4. The van der Waals surface area contributed by atoms with E-state index in [1.165, 1.54) is 0 Å². The van der Waals surface area contributed by atoms with Gasteiger partial charge in [0.05, 0.1) is 65.4 Å². The van der Waals surface area contributed by atoms with Crippen LogP contribution in [-0.2, 0) is 37.1 Å². The van der Waals surface area contributed by atoms with Crippen molar-refractivity contribution in [2.75, 3.05) is 67.5 Å². The van der Waals surface area contributed by atoms with E-state index in [0.29, 0.717) is 83.5 Å². The van der Waals surface area contributed by atoms with Crippen LogP contribution in [0.1, 0.15) is 61.1 Å². The number of para-hydroxylation sites is 1. The third kappa shape index (κ3) is 13.9. The molecule has 13 nitrogen and oxygen atoms in total. The predicted molar refractivity (Wildman–Crippen MR) is 192 cm³/mol. The highest BCUT2D eigenvalue weighted by atomic mass is 17.1. The second kappa shape index (κ2) is 22.9. The molecule has 1 aliphatic rings. The molecule has 1 amide bonds. The molecular formula is C39H54N2O11. The first-order chi connectivity index (χ1) is 25.4. The van der Waals surface area contributed by atoms with Crippen LogP contribution < -0.4 is 18.9 Å². The van der Waals surface area contributed by atoms with Crippen molar-refractivity contribution in [1.29, 1.82) is 0 Å². The average molecular weight is 727 g/mol. The summed E-state index contributed by atoms with van der Waals surface area (Å²) in [7, 11) is 4.94. The highest BCUT2D eigenvalue weighted by Gasteiger charge is 2.33. The maximum absolute atomic E-state index is 13.2. The lowest BCUT2D eigenvalue weighted by Crippen LogP contribution is -2.46. The minimum absolute atomic E-state index is 0.0284. The summed E-state index contributed by atoms with van der Waals surface area (Å²) in [4.78, 5) is 19.7. The zero-order chi connectivity index (χ0) is 37.0. The number of carbonyl (C=O) groups is 1. The molecular weight excluding hydrogens is 672 g/mol. The van der Waals surface area contributed by atoms with Gasteiger partial charge in [0.25, 0.3) is 0 Å². The number of hydrogen-bond donors (Lipinski definition) is 2. The molecule has 0 aromatic heterocycles. The normalized spacial score (nSPS) is 15.8. The zero-order valence-electron chi connectivity index (χ0n) is 30.6.